The van der Waals surface area contributed by atoms with Crippen LogP contribution in [0.3, 0.4) is 0 Å². The number of nitrogens with one attached hydrogen (secondary N) is 1. The Morgan fingerprint density at radius 2 is 2.00 bits per heavy atom. The number of anilines is 1. The van der Waals surface area contributed by atoms with Crippen LogP contribution < -0.4 is 5.32 Å². The van der Waals surface area contributed by atoms with E-state index >= 15 is 0 Å². The van der Waals surface area contributed by atoms with Gasteiger partial charge in [-0.3, -0.25) is 0 Å². The van der Waals surface area contributed by atoms with E-state index in [0.717, 1.165) is 12.1 Å². The third kappa shape index (κ3) is 4.35. The molecule has 0 heterocycles. The van der Waals surface area contributed by atoms with Gasteiger partial charge >= 0.3 is 0 Å². The van der Waals surface area contributed by atoms with Crippen LogP contribution in [0.25, 0.3) is 0 Å². The molecule has 1 N–H and O–H groups in total. The molecule has 0 aliphatic rings. The van der Waals surface area contributed by atoms with Crippen LogP contribution in [0.15, 0.2) is 24.3 Å². The number of nitriles is 1. The molecule has 1 rings (SSSR count). The molecule has 0 amide bonds. The van der Waals surface area contributed by atoms with Crippen LogP contribution in [0, 0.1) is 11.3 Å². The van der Waals surface area contributed by atoms with Crippen LogP contribution in [0.2, 0.25) is 0 Å². The van der Waals surface area contributed by atoms with Crippen LogP contribution in [-0.4, -0.2) is 6.04 Å². The zero-order chi connectivity index (χ0) is 11.8. The van der Waals surface area contributed by atoms with Crippen LogP contribution in [-0.2, 0) is 6.42 Å². The van der Waals surface area contributed by atoms with Gasteiger partial charge in [0.15, 0.2) is 0 Å². The minimum absolute atomic E-state index is 0.214. The maximum Gasteiger partial charge on any atom is 0.0643 e. The minimum Gasteiger partial charge on any atom is -0.382 e. The number of aryl methyl sites for hydroxylation is 1. The largest absolute Gasteiger partial charge is 0.382 e. The molecular weight excluding hydrogens is 196 g/mol. The van der Waals surface area contributed by atoms with E-state index in [1.165, 1.54) is 18.4 Å². The van der Waals surface area contributed by atoms with Gasteiger partial charge in [-0.15, -0.1) is 0 Å². The van der Waals surface area contributed by atoms with Crippen LogP contribution in [0.1, 0.15) is 38.7 Å². The molecule has 1 aromatic rings. The predicted molar refractivity (Wildman–Crippen MR) is 68.4 cm³/mol. The molecule has 0 saturated heterocycles. The van der Waals surface area contributed by atoms with Crippen molar-refractivity contribution in [1.29, 1.82) is 5.26 Å². The zero-order valence-electron chi connectivity index (χ0n) is 10.2. The third-order valence-corrected chi connectivity index (χ3v) is 2.58. The summed E-state index contributed by atoms with van der Waals surface area (Å²) in [7, 11) is 0. The highest BCUT2D eigenvalue weighted by Crippen LogP contribution is 2.13. The van der Waals surface area contributed by atoms with Crippen molar-refractivity contribution < 1.29 is 0 Å². The van der Waals surface area contributed by atoms with Crippen molar-refractivity contribution in [1.82, 2.24) is 0 Å². The third-order valence-electron chi connectivity index (χ3n) is 2.58. The highest BCUT2D eigenvalue weighted by Gasteiger charge is 2.00. The first-order valence-electron chi connectivity index (χ1n) is 5.98. The van der Waals surface area contributed by atoms with Gasteiger partial charge in [0.05, 0.1) is 12.5 Å². The van der Waals surface area contributed by atoms with Crippen molar-refractivity contribution in [2.75, 3.05) is 5.32 Å². The summed E-state index contributed by atoms with van der Waals surface area (Å²) in [6.07, 6.45) is 4.18. The lowest BCUT2D eigenvalue weighted by atomic mass is 10.1. The molecule has 0 saturated carbocycles. The maximum atomic E-state index is 8.57. The Morgan fingerprint density at radius 1 is 1.31 bits per heavy atom. The van der Waals surface area contributed by atoms with Gasteiger partial charge < -0.3 is 5.32 Å². The Kier molecular flexibility index (Phi) is 5.42. The summed E-state index contributed by atoms with van der Waals surface area (Å²) in [6, 6.07) is 10.9. The highest BCUT2D eigenvalue weighted by molar-refractivity contribution is 5.45. The summed E-state index contributed by atoms with van der Waals surface area (Å²) in [5, 5.41) is 11.9. The quantitative estimate of drug-likeness (QED) is 0.786. The van der Waals surface area contributed by atoms with E-state index in [4.69, 9.17) is 5.26 Å². The minimum atomic E-state index is 0.214. The monoisotopic (exact) mass is 216 g/mol. The molecule has 1 atom stereocenters. The van der Waals surface area contributed by atoms with E-state index in [9.17, 15) is 0 Å². The number of benzene rings is 1. The van der Waals surface area contributed by atoms with Gasteiger partial charge in [-0.05, 0) is 37.5 Å². The zero-order valence-corrected chi connectivity index (χ0v) is 10.2. The second-order valence-corrected chi connectivity index (χ2v) is 4.21. The fraction of sp³-hybridized carbons (Fsp3) is 0.500. The first kappa shape index (κ1) is 12.6. The maximum absolute atomic E-state index is 8.57. The SMILES string of the molecule is CCCCc1ccc(NC(C)CC#N)cc1. The van der Waals surface area contributed by atoms with Crippen LogP contribution in [0.5, 0.6) is 0 Å². The number of hydrogen-bond donors (Lipinski definition) is 1. The number of rotatable bonds is 6. The second kappa shape index (κ2) is 6.90. The summed E-state index contributed by atoms with van der Waals surface area (Å²) in [5.41, 5.74) is 2.49. The fourth-order valence-electron chi connectivity index (χ4n) is 1.62. The van der Waals surface area contributed by atoms with Crippen molar-refractivity contribution in [2.45, 2.75) is 45.6 Å². The molecule has 2 nitrogen and oxygen atoms in total. The molecule has 0 aliphatic heterocycles. The highest BCUT2D eigenvalue weighted by atomic mass is 14.9. The van der Waals surface area contributed by atoms with Crippen molar-refractivity contribution >= 4 is 5.69 Å². The molecule has 1 aromatic carbocycles. The first-order chi connectivity index (χ1) is 7.76. The predicted octanol–water partition coefficient (Wildman–Crippen LogP) is 3.74. The molecule has 0 radical (unpaired) electrons. The van der Waals surface area contributed by atoms with Gasteiger partial charge in [0, 0.05) is 11.7 Å². The van der Waals surface area contributed by atoms with Crippen molar-refractivity contribution in [3.05, 3.63) is 29.8 Å². The van der Waals surface area contributed by atoms with Gasteiger partial charge in [-0.25, -0.2) is 0 Å². The van der Waals surface area contributed by atoms with E-state index in [1.807, 2.05) is 6.92 Å². The van der Waals surface area contributed by atoms with Crippen LogP contribution in [0.4, 0.5) is 5.69 Å². The lowest BCUT2D eigenvalue weighted by molar-refractivity contribution is 0.794. The summed E-state index contributed by atoms with van der Waals surface area (Å²) in [6.45, 7) is 4.23. The van der Waals surface area contributed by atoms with E-state index in [1.54, 1.807) is 0 Å². The molecule has 1 unspecified atom stereocenters. The average molecular weight is 216 g/mol. The van der Waals surface area contributed by atoms with E-state index in [-0.39, 0.29) is 6.04 Å². The lowest BCUT2D eigenvalue weighted by Gasteiger charge is -2.12. The second-order valence-electron chi connectivity index (χ2n) is 4.21. The average Bonchev–Trinajstić information content (AvgIpc) is 2.28. The Bertz CT molecular complexity index is 335. The molecule has 0 bridgehead atoms. The van der Waals surface area contributed by atoms with Gasteiger partial charge in [-0.1, -0.05) is 25.5 Å². The van der Waals surface area contributed by atoms with Gasteiger partial charge in [0.1, 0.15) is 0 Å². The molecule has 2 heteroatoms. The molecule has 0 fully saturated rings. The van der Waals surface area contributed by atoms with Gasteiger partial charge in [-0.2, -0.15) is 5.26 Å². The summed E-state index contributed by atoms with van der Waals surface area (Å²) < 4.78 is 0. The van der Waals surface area contributed by atoms with E-state index < -0.39 is 0 Å². The van der Waals surface area contributed by atoms with Crippen molar-refractivity contribution in [2.24, 2.45) is 0 Å². The summed E-state index contributed by atoms with van der Waals surface area (Å²) >= 11 is 0. The Balaban J connectivity index is 2.48. The molecule has 0 aliphatic carbocycles. The van der Waals surface area contributed by atoms with Gasteiger partial charge in [0.25, 0.3) is 0 Å². The van der Waals surface area contributed by atoms with E-state index in [2.05, 4.69) is 42.6 Å². The lowest BCUT2D eigenvalue weighted by Crippen LogP contribution is -2.13. The summed E-state index contributed by atoms with van der Waals surface area (Å²) in [4.78, 5) is 0. The Morgan fingerprint density at radius 3 is 2.56 bits per heavy atom. The molecule has 16 heavy (non-hydrogen) atoms. The van der Waals surface area contributed by atoms with Crippen molar-refractivity contribution in [3.63, 3.8) is 0 Å². The molecule has 0 spiro atoms. The summed E-state index contributed by atoms with van der Waals surface area (Å²) in [5.74, 6) is 0. The topological polar surface area (TPSA) is 35.8 Å². The smallest absolute Gasteiger partial charge is 0.0643 e. The molecular formula is C14H20N2. The number of nitrogens with zero attached hydrogens (tertiary/aromatic N) is 1. The number of unbranched alkanes of at least 4 members (excludes halogenated alkanes) is 1. The normalized spacial score (nSPS) is 11.8. The van der Waals surface area contributed by atoms with Gasteiger partial charge in [0.2, 0.25) is 0 Å². The fourth-order valence-corrected chi connectivity index (χ4v) is 1.62. The Hall–Kier alpha value is -1.49. The molecule has 0 aromatic heterocycles. The Labute approximate surface area is 98.3 Å². The number of hydrogen-bond acceptors (Lipinski definition) is 2. The van der Waals surface area contributed by atoms with E-state index in [0.29, 0.717) is 6.42 Å². The first-order valence-corrected chi connectivity index (χ1v) is 5.98. The standard InChI is InChI=1S/C14H20N2/c1-3-4-5-13-6-8-14(9-7-13)16-12(2)10-11-15/h6-9,12,16H,3-5,10H2,1-2H3. The van der Waals surface area contributed by atoms with Crippen LogP contribution >= 0.6 is 0 Å². The molecule has 86 valence electrons. The van der Waals surface area contributed by atoms with Crippen molar-refractivity contribution in [3.8, 4) is 6.07 Å².